The number of benzene rings is 2. The van der Waals surface area contributed by atoms with E-state index in [1.54, 1.807) is 53.9 Å². The van der Waals surface area contributed by atoms with Crippen LogP contribution in [-0.2, 0) is 17.9 Å². The lowest BCUT2D eigenvalue weighted by molar-refractivity contribution is -0.116. The molecule has 0 fully saturated rings. The summed E-state index contributed by atoms with van der Waals surface area (Å²) in [6.07, 6.45) is 0. The van der Waals surface area contributed by atoms with E-state index >= 15 is 0 Å². The molecule has 0 aliphatic rings. The van der Waals surface area contributed by atoms with Crippen molar-refractivity contribution in [3.05, 3.63) is 85.3 Å². The molecule has 0 unspecified atom stereocenters. The number of fused-ring (bicyclic) bond motifs is 1. The molecule has 0 saturated carbocycles. The molecule has 2 aromatic carbocycles. The van der Waals surface area contributed by atoms with Gasteiger partial charge in [0.25, 0.3) is 5.56 Å². The summed E-state index contributed by atoms with van der Waals surface area (Å²) in [7, 11) is 3.00. The monoisotopic (exact) mass is 485 g/mol. The average Bonchev–Trinajstić information content (AvgIpc) is 3.30. The van der Waals surface area contributed by atoms with Gasteiger partial charge in [-0.05, 0) is 35.2 Å². The van der Waals surface area contributed by atoms with E-state index in [0.717, 1.165) is 4.57 Å². The average molecular weight is 486 g/mol. The molecule has 170 valence electrons. The number of amides is 1. The highest BCUT2D eigenvalue weighted by molar-refractivity contribution is 7.17. The Morgan fingerprint density at radius 2 is 1.85 bits per heavy atom. The summed E-state index contributed by atoms with van der Waals surface area (Å²) in [4.78, 5) is 39.2. The molecule has 0 bridgehead atoms. The van der Waals surface area contributed by atoms with Crippen molar-refractivity contribution < 1.29 is 14.3 Å². The Morgan fingerprint density at radius 1 is 1.06 bits per heavy atom. The number of rotatable bonds is 7. The van der Waals surface area contributed by atoms with E-state index in [9.17, 15) is 14.4 Å². The Hall–Kier alpha value is -3.56. The highest BCUT2D eigenvalue weighted by Crippen LogP contribution is 2.29. The number of carbonyl (C=O) groups is 1. The Balaban J connectivity index is 1.72. The number of nitrogens with zero attached hydrogens (tertiary/aromatic N) is 2. The van der Waals surface area contributed by atoms with Gasteiger partial charge in [0.1, 0.15) is 22.7 Å². The number of thiophene rings is 1. The molecule has 0 atom stereocenters. The van der Waals surface area contributed by atoms with Crippen LogP contribution in [0, 0.1) is 0 Å². The predicted octanol–water partition coefficient (Wildman–Crippen LogP) is 3.58. The molecule has 0 saturated heterocycles. The lowest BCUT2D eigenvalue weighted by atomic mass is 10.2. The van der Waals surface area contributed by atoms with E-state index in [4.69, 9.17) is 21.1 Å². The Morgan fingerprint density at radius 3 is 2.58 bits per heavy atom. The molecule has 10 heteroatoms. The summed E-state index contributed by atoms with van der Waals surface area (Å²) in [6.45, 7) is -0.300. The van der Waals surface area contributed by atoms with Gasteiger partial charge in [-0.2, -0.15) is 0 Å². The van der Waals surface area contributed by atoms with Crippen LogP contribution in [0.25, 0.3) is 10.2 Å². The van der Waals surface area contributed by atoms with Crippen LogP contribution in [0.3, 0.4) is 0 Å². The molecule has 4 aromatic rings. The van der Waals surface area contributed by atoms with Gasteiger partial charge in [-0.1, -0.05) is 29.8 Å². The zero-order chi connectivity index (χ0) is 23.5. The zero-order valence-corrected chi connectivity index (χ0v) is 19.4. The molecular formula is C23H20ClN3O5S. The molecule has 0 radical (unpaired) electrons. The first-order chi connectivity index (χ1) is 15.9. The highest BCUT2D eigenvalue weighted by atomic mass is 35.5. The predicted molar refractivity (Wildman–Crippen MR) is 129 cm³/mol. The Kier molecular flexibility index (Phi) is 6.52. The lowest BCUT2D eigenvalue weighted by Crippen LogP contribution is -2.41. The van der Waals surface area contributed by atoms with Gasteiger partial charge < -0.3 is 14.8 Å². The fourth-order valence-electron chi connectivity index (χ4n) is 3.47. The van der Waals surface area contributed by atoms with E-state index < -0.39 is 17.2 Å². The number of hydrogen-bond acceptors (Lipinski definition) is 6. The number of methoxy groups -OCH3 is 2. The van der Waals surface area contributed by atoms with Crippen LogP contribution in [0.15, 0.2) is 63.5 Å². The third-order valence-corrected chi connectivity index (χ3v) is 6.37. The molecule has 2 aromatic heterocycles. The van der Waals surface area contributed by atoms with E-state index in [0.29, 0.717) is 38.0 Å². The maximum absolute atomic E-state index is 13.3. The van der Waals surface area contributed by atoms with Crippen molar-refractivity contribution in [1.82, 2.24) is 9.13 Å². The maximum atomic E-state index is 13.3. The molecule has 33 heavy (non-hydrogen) atoms. The number of halogens is 1. The van der Waals surface area contributed by atoms with Gasteiger partial charge in [-0.15, -0.1) is 11.3 Å². The smallest absolute Gasteiger partial charge is 0.332 e. The zero-order valence-electron chi connectivity index (χ0n) is 17.8. The first-order valence-electron chi connectivity index (χ1n) is 9.89. The van der Waals surface area contributed by atoms with Crippen molar-refractivity contribution in [1.29, 1.82) is 0 Å². The summed E-state index contributed by atoms with van der Waals surface area (Å²) in [5, 5.41) is 4.91. The molecule has 2 heterocycles. The number of aromatic nitrogens is 2. The first kappa shape index (κ1) is 22.6. The second-order valence-corrected chi connectivity index (χ2v) is 8.42. The standard InChI is InChI=1S/C23H20ClN3O5S/c1-31-15-7-8-19(32-2)17(11-15)25-20(28)13-26-18-9-10-33-21(18)22(29)27(23(26)30)12-14-5-3-4-6-16(14)24/h3-11H,12-13H2,1-2H3,(H,25,28). The number of hydrogen-bond donors (Lipinski definition) is 1. The van der Waals surface area contributed by atoms with E-state index in [1.807, 2.05) is 0 Å². The van der Waals surface area contributed by atoms with Crippen molar-refractivity contribution in [3.8, 4) is 11.5 Å². The number of nitrogens with one attached hydrogen (secondary N) is 1. The number of carbonyl (C=O) groups excluding carboxylic acids is 1. The molecule has 1 amide bonds. The molecule has 4 rings (SSSR count). The van der Waals surface area contributed by atoms with Crippen molar-refractivity contribution in [2.24, 2.45) is 0 Å². The van der Waals surface area contributed by atoms with Crippen LogP contribution < -0.4 is 26.0 Å². The summed E-state index contributed by atoms with van der Waals surface area (Å²) in [6, 6.07) is 13.6. The van der Waals surface area contributed by atoms with Gasteiger partial charge in [-0.25, -0.2) is 4.79 Å². The van der Waals surface area contributed by atoms with Crippen molar-refractivity contribution in [3.63, 3.8) is 0 Å². The first-order valence-corrected chi connectivity index (χ1v) is 11.1. The third kappa shape index (κ3) is 4.50. The topological polar surface area (TPSA) is 91.6 Å². The van der Waals surface area contributed by atoms with Crippen molar-refractivity contribution >= 4 is 44.7 Å². The van der Waals surface area contributed by atoms with Crippen LogP contribution in [0.2, 0.25) is 5.02 Å². The van der Waals surface area contributed by atoms with Gasteiger partial charge in [0.2, 0.25) is 5.91 Å². The van der Waals surface area contributed by atoms with Gasteiger partial charge in [-0.3, -0.25) is 18.7 Å². The lowest BCUT2D eigenvalue weighted by Gasteiger charge is -2.14. The Bertz CT molecular complexity index is 1460. The van der Waals surface area contributed by atoms with E-state index in [-0.39, 0.29) is 13.1 Å². The minimum atomic E-state index is -0.599. The van der Waals surface area contributed by atoms with Crippen LogP contribution in [0.1, 0.15) is 5.56 Å². The van der Waals surface area contributed by atoms with Crippen LogP contribution in [-0.4, -0.2) is 29.3 Å². The summed E-state index contributed by atoms with van der Waals surface area (Å²) < 4.78 is 13.3. The second kappa shape index (κ2) is 9.51. The number of anilines is 1. The SMILES string of the molecule is COc1ccc(OC)c(NC(=O)Cn2c(=O)n(Cc3ccccc3Cl)c(=O)c3sccc32)c1. The molecule has 0 spiro atoms. The van der Waals surface area contributed by atoms with Gasteiger partial charge >= 0.3 is 5.69 Å². The van der Waals surface area contributed by atoms with Crippen molar-refractivity contribution in [2.75, 3.05) is 19.5 Å². The summed E-state index contributed by atoms with van der Waals surface area (Å²) in [5.41, 5.74) is 0.417. The number of ether oxygens (including phenoxy) is 2. The quantitative estimate of drug-likeness (QED) is 0.432. The molecule has 0 aliphatic carbocycles. The summed E-state index contributed by atoms with van der Waals surface area (Å²) in [5.74, 6) is 0.525. The van der Waals surface area contributed by atoms with E-state index in [1.165, 1.54) is 30.1 Å². The molecule has 1 N–H and O–H groups in total. The Labute approximate surface area is 197 Å². The largest absolute Gasteiger partial charge is 0.497 e. The maximum Gasteiger partial charge on any atom is 0.332 e. The fraction of sp³-hybridized carbons (Fsp3) is 0.174. The van der Waals surface area contributed by atoms with Gasteiger partial charge in [0.05, 0.1) is 32.0 Å². The second-order valence-electron chi connectivity index (χ2n) is 7.10. The molecule has 0 aliphatic heterocycles. The van der Waals surface area contributed by atoms with E-state index in [2.05, 4.69) is 5.32 Å². The van der Waals surface area contributed by atoms with Crippen molar-refractivity contribution in [2.45, 2.75) is 13.1 Å². The third-order valence-electron chi connectivity index (χ3n) is 5.11. The highest BCUT2D eigenvalue weighted by Gasteiger charge is 2.18. The molecule has 8 nitrogen and oxygen atoms in total. The normalized spacial score (nSPS) is 10.9. The fourth-order valence-corrected chi connectivity index (χ4v) is 4.51. The molecular weight excluding hydrogens is 466 g/mol. The van der Waals surface area contributed by atoms with Crippen LogP contribution >= 0.6 is 22.9 Å². The summed E-state index contributed by atoms with van der Waals surface area (Å²) >= 11 is 7.45. The van der Waals surface area contributed by atoms with Crippen LogP contribution in [0.5, 0.6) is 11.5 Å². The minimum absolute atomic E-state index is 0.00347. The van der Waals surface area contributed by atoms with Gasteiger partial charge in [0, 0.05) is 11.1 Å². The van der Waals surface area contributed by atoms with Gasteiger partial charge in [0.15, 0.2) is 0 Å². The minimum Gasteiger partial charge on any atom is -0.497 e. The van der Waals surface area contributed by atoms with Crippen LogP contribution in [0.4, 0.5) is 5.69 Å².